The van der Waals surface area contributed by atoms with Crippen LogP contribution in [0.1, 0.15) is 43.5 Å². The molecular weight excluding hydrogens is 270 g/mol. The molecule has 2 aromatic rings. The predicted octanol–water partition coefficient (Wildman–Crippen LogP) is 4.17. The summed E-state index contributed by atoms with van der Waals surface area (Å²) in [5.74, 6) is 0. The number of nitriles is 1. The van der Waals surface area contributed by atoms with Crippen molar-refractivity contribution < 1.29 is 0 Å². The summed E-state index contributed by atoms with van der Waals surface area (Å²) < 4.78 is 0. The minimum Gasteiger partial charge on any atom is -0.297 e. The van der Waals surface area contributed by atoms with E-state index in [1.165, 1.54) is 37.9 Å². The lowest BCUT2D eigenvalue weighted by Crippen LogP contribution is -2.32. The van der Waals surface area contributed by atoms with E-state index in [1.807, 2.05) is 12.1 Å². The number of piperidine rings is 1. The SMILES string of the molecule is C[C@H](c1ccc(-c2ccc(C#N)nc2)cc1)N1CCCCC1. The predicted molar refractivity (Wildman–Crippen MR) is 88.2 cm³/mol. The van der Waals surface area contributed by atoms with Gasteiger partial charge in [0, 0.05) is 17.8 Å². The number of likely N-dealkylation sites (tertiary alicyclic amines) is 1. The molecule has 3 rings (SSSR count). The van der Waals surface area contributed by atoms with Crippen molar-refractivity contribution in [3.05, 3.63) is 53.9 Å². The van der Waals surface area contributed by atoms with Gasteiger partial charge in [-0.15, -0.1) is 0 Å². The third-order valence-electron chi connectivity index (χ3n) is 4.54. The Kier molecular flexibility index (Phi) is 4.50. The molecule has 2 heterocycles. The highest BCUT2D eigenvalue weighted by atomic mass is 15.2. The van der Waals surface area contributed by atoms with Gasteiger partial charge in [-0.25, -0.2) is 4.98 Å². The Morgan fingerprint density at radius 3 is 2.27 bits per heavy atom. The maximum absolute atomic E-state index is 8.80. The van der Waals surface area contributed by atoms with E-state index in [9.17, 15) is 0 Å². The summed E-state index contributed by atoms with van der Waals surface area (Å²) in [4.78, 5) is 6.71. The van der Waals surface area contributed by atoms with Gasteiger partial charge in [-0.1, -0.05) is 30.7 Å². The fourth-order valence-electron chi connectivity index (χ4n) is 3.10. The van der Waals surface area contributed by atoms with Gasteiger partial charge in [-0.3, -0.25) is 4.90 Å². The van der Waals surface area contributed by atoms with Crippen LogP contribution < -0.4 is 0 Å². The van der Waals surface area contributed by atoms with E-state index in [-0.39, 0.29) is 0 Å². The zero-order chi connectivity index (χ0) is 15.4. The third-order valence-corrected chi connectivity index (χ3v) is 4.54. The highest BCUT2D eigenvalue weighted by Crippen LogP contribution is 2.26. The summed E-state index contributed by atoms with van der Waals surface area (Å²) in [6.07, 6.45) is 5.77. The molecule has 0 amide bonds. The molecule has 0 aliphatic carbocycles. The van der Waals surface area contributed by atoms with E-state index in [2.05, 4.69) is 41.1 Å². The Morgan fingerprint density at radius 2 is 1.68 bits per heavy atom. The minimum absolute atomic E-state index is 0.457. The maximum atomic E-state index is 8.80. The molecule has 0 radical (unpaired) electrons. The Balaban J connectivity index is 1.75. The summed E-state index contributed by atoms with van der Waals surface area (Å²) in [6, 6.07) is 15.0. The van der Waals surface area contributed by atoms with Crippen LogP contribution in [0.25, 0.3) is 11.1 Å². The van der Waals surface area contributed by atoms with Crippen LogP contribution in [0, 0.1) is 11.3 Å². The first-order valence-corrected chi connectivity index (χ1v) is 7.98. The second kappa shape index (κ2) is 6.72. The van der Waals surface area contributed by atoms with Gasteiger partial charge in [-0.05, 0) is 56.1 Å². The van der Waals surface area contributed by atoms with Crippen LogP contribution in [0.5, 0.6) is 0 Å². The first kappa shape index (κ1) is 14.7. The van der Waals surface area contributed by atoms with Gasteiger partial charge in [0.25, 0.3) is 0 Å². The molecule has 1 aromatic carbocycles. The average molecular weight is 291 g/mol. The van der Waals surface area contributed by atoms with Crippen LogP contribution in [-0.4, -0.2) is 23.0 Å². The molecule has 1 saturated heterocycles. The topological polar surface area (TPSA) is 39.9 Å². The summed E-state index contributed by atoms with van der Waals surface area (Å²) in [5, 5.41) is 8.80. The number of benzene rings is 1. The van der Waals surface area contributed by atoms with Crippen molar-refractivity contribution in [3.8, 4) is 17.2 Å². The van der Waals surface area contributed by atoms with Crippen LogP contribution >= 0.6 is 0 Å². The molecule has 0 N–H and O–H groups in total. The van der Waals surface area contributed by atoms with E-state index in [1.54, 1.807) is 12.3 Å². The maximum Gasteiger partial charge on any atom is 0.140 e. The summed E-state index contributed by atoms with van der Waals surface area (Å²) >= 11 is 0. The molecule has 1 aromatic heterocycles. The summed E-state index contributed by atoms with van der Waals surface area (Å²) in [5.41, 5.74) is 4.02. The monoisotopic (exact) mass is 291 g/mol. The van der Waals surface area contributed by atoms with Crippen molar-refractivity contribution in [2.45, 2.75) is 32.2 Å². The summed E-state index contributed by atoms with van der Waals surface area (Å²) in [6.45, 7) is 4.72. The van der Waals surface area contributed by atoms with Crippen molar-refractivity contribution in [1.29, 1.82) is 5.26 Å². The summed E-state index contributed by atoms with van der Waals surface area (Å²) in [7, 11) is 0. The lowest BCUT2D eigenvalue weighted by atomic mass is 10.00. The van der Waals surface area contributed by atoms with Gasteiger partial charge in [0.05, 0.1) is 0 Å². The van der Waals surface area contributed by atoms with Crippen LogP contribution in [0.2, 0.25) is 0 Å². The number of aromatic nitrogens is 1. The van der Waals surface area contributed by atoms with Crippen molar-refractivity contribution in [2.24, 2.45) is 0 Å². The zero-order valence-electron chi connectivity index (χ0n) is 13.0. The smallest absolute Gasteiger partial charge is 0.140 e. The van der Waals surface area contributed by atoms with E-state index in [0.29, 0.717) is 11.7 Å². The van der Waals surface area contributed by atoms with Crippen molar-refractivity contribution >= 4 is 0 Å². The van der Waals surface area contributed by atoms with Gasteiger partial charge in [-0.2, -0.15) is 5.26 Å². The average Bonchev–Trinajstić information content (AvgIpc) is 2.62. The lowest BCUT2D eigenvalue weighted by molar-refractivity contribution is 0.175. The van der Waals surface area contributed by atoms with Crippen LogP contribution in [0.3, 0.4) is 0 Å². The molecule has 1 fully saturated rings. The fourth-order valence-corrected chi connectivity index (χ4v) is 3.10. The Morgan fingerprint density at radius 1 is 1.00 bits per heavy atom. The first-order valence-electron chi connectivity index (χ1n) is 7.98. The van der Waals surface area contributed by atoms with Gasteiger partial charge < -0.3 is 0 Å². The Bertz CT molecular complexity index is 647. The number of nitrogens with zero attached hydrogens (tertiary/aromatic N) is 3. The molecule has 3 nitrogen and oxygen atoms in total. The Labute approximate surface area is 132 Å². The molecule has 0 spiro atoms. The number of hydrogen-bond donors (Lipinski definition) is 0. The molecule has 1 atom stereocenters. The Hall–Kier alpha value is -2.18. The van der Waals surface area contributed by atoms with Crippen LogP contribution in [0.15, 0.2) is 42.6 Å². The van der Waals surface area contributed by atoms with Gasteiger partial charge >= 0.3 is 0 Å². The van der Waals surface area contributed by atoms with Crippen LogP contribution in [-0.2, 0) is 0 Å². The molecule has 1 aliphatic heterocycles. The van der Waals surface area contributed by atoms with Gasteiger partial charge in [0.1, 0.15) is 11.8 Å². The highest BCUT2D eigenvalue weighted by molar-refractivity contribution is 5.63. The lowest BCUT2D eigenvalue weighted by Gasteiger charge is -2.32. The molecule has 1 aliphatic rings. The molecule has 0 bridgehead atoms. The van der Waals surface area contributed by atoms with Gasteiger partial charge in [0.2, 0.25) is 0 Å². The number of rotatable bonds is 3. The largest absolute Gasteiger partial charge is 0.297 e. The third kappa shape index (κ3) is 3.18. The molecule has 112 valence electrons. The normalized spacial score (nSPS) is 16.9. The van der Waals surface area contributed by atoms with E-state index >= 15 is 0 Å². The molecule has 3 heteroatoms. The van der Waals surface area contributed by atoms with Crippen molar-refractivity contribution in [3.63, 3.8) is 0 Å². The number of hydrogen-bond acceptors (Lipinski definition) is 3. The van der Waals surface area contributed by atoms with Crippen molar-refractivity contribution in [2.75, 3.05) is 13.1 Å². The molecular formula is C19H21N3. The second-order valence-electron chi connectivity index (χ2n) is 5.94. The minimum atomic E-state index is 0.457. The van der Waals surface area contributed by atoms with Crippen molar-refractivity contribution in [1.82, 2.24) is 9.88 Å². The second-order valence-corrected chi connectivity index (χ2v) is 5.94. The van der Waals surface area contributed by atoms with Crippen LogP contribution in [0.4, 0.5) is 0 Å². The van der Waals surface area contributed by atoms with Gasteiger partial charge in [0.15, 0.2) is 0 Å². The highest BCUT2D eigenvalue weighted by Gasteiger charge is 2.17. The molecule has 0 unspecified atom stereocenters. The fraction of sp³-hybridized carbons (Fsp3) is 0.368. The standard InChI is InChI=1S/C19H21N3/c1-15(22-11-3-2-4-12-22)16-5-7-17(8-6-16)18-9-10-19(13-20)21-14-18/h5-10,14-15H,2-4,11-12H2,1H3/t15-/m1/s1. The molecule has 22 heavy (non-hydrogen) atoms. The van der Waals surface area contributed by atoms with E-state index in [4.69, 9.17) is 5.26 Å². The number of pyridine rings is 1. The first-order chi connectivity index (χ1) is 10.8. The molecule has 0 saturated carbocycles. The van der Waals surface area contributed by atoms with E-state index < -0.39 is 0 Å². The van der Waals surface area contributed by atoms with E-state index in [0.717, 1.165) is 11.1 Å². The quantitative estimate of drug-likeness (QED) is 0.852. The zero-order valence-corrected chi connectivity index (χ0v) is 13.0.